The summed E-state index contributed by atoms with van der Waals surface area (Å²) in [7, 11) is 0. The SMILES string of the molecule is C=C(C)[C@]1(CO)O[C@@H](n2ccc(N)nc2=O)[C@H](F)[C@@H]1O. The Balaban J connectivity index is 2.45. The van der Waals surface area contributed by atoms with E-state index in [9.17, 15) is 19.4 Å². The number of nitrogen functional groups attached to an aromatic ring is 1. The lowest BCUT2D eigenvalue weighted by Gasteiger charge is -2.30. The van der Waals surface area contributed by atoms with Crippen LogP contribution in [0.3, 0.4) is 0 Å². The molecule has 2 heterocycles. The Kier molecular flexibility index (Phi) is 3.63. The molecule has 0 bridgehead atoms. The van der Waals surface area contributed by atoms with E-state index >= 15 is 0 Å². The highest BCUT2D eigenvalue weighted by Gasteiger charge is 2.56. The maximum atomic E-state index is 14.2. The predicted octanol–water partition coefficient (Wildman–Crippen LogP) is -0.640. The van der Waals surface area contributed by atoms with Gasteiger partial charge in [-0.1, -0.05) is 6.58 Å². The van der Waals surface area contributed by atoms with Gasteiger partial charge in [-0.25, -0.2) is 9.18 Å². The average molecular weight is 285 g/mol. The van der Waals surface area contributed by atoms with Gasteiger partial charge in [-0.05, 0) is 18.6 Å². The van der Waals surface area contributed by atoms with E-state index in [1.54, 1.807) is 0 Å². The van der Waals surface area contributed by atoms with Crippen LogP contribution in [0.2, 0.25) is 0 Å². The topological polar surface area (TPSA) is 111 Å². The van der Waals surface area contributed by atoms with E-state index in [2.05, 4.69) is 11.6 Å². The second-order valence-corrected chi connectivity index (χ2v) is 4.77. The first-order valence-electron chi connectivity index (χ1n) is 5.95. The minimum absolute atomic E-state index is 0.00599. The van der Waals surface area contributed by atoms with Crippen molar-refractivity contribution in [1.29, 1.82) is 0 Å². The van der Waals surface area contributed by atoms with Crippen LogP contribution in [-0.2, 0) is 4.74 Å². The lowest BCUT2D eigenvalue weighted by Crippen LogP contribution is -2.46. The number of anilines is 1. The van der Waals surface area contributed by atoms with Crippen LogP contribution < -0.4 is 11.4 Å². The van der Waals surface area contributed by atoms with Crippen molar-refractivity contribution in [3.05, 3.63) is 34.9 Å². The van der Waals surface area contributed by atoms with Crippen molar-refractivity contribution >= 4 is 5.82 Å². The van der Waals surface area contributed by atoms with Crippen molar-refractivity contribution in [2.45, 2.75) is 31.0 Å². The first kappa shape index (κ1) is 14.6. The second kappa shape index (κ2) is 4.97. The third kappa shape index (κ3) is 2.01. The molecule has 0 amide bonds. The summed E-state index contributed by atoms with van der Waals surface area (Å²) < 4.78 is 20.5. The van der Waals surface area contributed by atoms with Crippen LogP contribution in [0.15, 0.2) is 29.2 Å². The molecule has 0 aliphatic carbocycles. The average Bonchev–Trinajstić information content (AvgIpc) is 2.64. The summed E-state index contributed by atoms with van der Waals surface area (Å²) in [5, 5.41) is 19.4. The Morgan fingerprint density at radius 2 is 2.40 bits per heavy atom. The number of aliphatic hydroxyl groups is 2. The molecule has 0 saturated carbocycles. The molecule has 7 nitrogen and oxygen atoms in total. The Bertz CT molecular complexity index is 590. The van der Waals surface area contributed by atoms with Gasteiger partial charge in [0.15, 0.2) is 12.4 Å². The molecular formula is C12H16FN3O4. The molecule has 1 fully saturated rings. The molecule has 4 N–H and O–H groups in total. The zero-order valence-electron chi connectivity index (χ0n) is 10.9. The van der Waals surface area contributed by atoms with Gasteiger partial charge < -0.3 is 20.7 Å². The number of alkyl halides is 1. The van der Waals surface area contributed by atoms with Crippen LogP contribution in [0.25, 0.3) is 0 Å². The molecule has 4 atom stereocenters. The molecule has 1 aliphatic rings. The number of aromatic nitrogens is 2. The van der Waals surface area contributed by atoms with Crippen LogP contribution in [0, 0.1) is 0 Å². The van der Waals surface area contributed by atoms with Crippen LogP contribution in [0.4, 0.5) is 10.2 Å². The third-order valence-electron chi connectivity index (χ3n) is 3.47. The fourth-order valence-corrected chi connectivity index (χ4v) is 2.21. The van der Waals surface area contributed by atoms with Crippen molar-refractivity contribution < 1.29 is 19.3 Å². The summed E-state index contributed by atoms with van der Waals surface area (Å²) in [5.41, 5.74) is 3.16. The van der Waals surface area contributed by atoms with E-state index in [-0.39, 0.29) is 11.4 Å². The number of aliphatic hydroxyl groups excluding tert-OH is 2. The molecule has 0 spiro atoms. The number of nitrogens with zero attached hydrogens (tertiary/aromatic N) is 2. The molecule has 0 unspecified atom stereocenters. The maximum Gasteiger partial charge on any atom is 0.351 e. The normalized spacial score (nSPS) is 33.3. The van der Waals surface area contributed by atoms with Gasteiger partial charge >= 0.3 is 5.69 Å². The van der Waals surface area contributed by atoms with Crippen LogP contribution in [0.1, 0.15) is 13.2 Å². The Morgan fingerprint density at radius 3 is 2.85 bits per heavy atom. The van der Waals surface area contributed by atoms with Crippen molar-refractivity contribution in [3.8, 4) is 0 Å². The molecule has 110 valence electrons. The number of halogens is 1. The van der Waals surface area contributed by atoms with E-state index in [1.165, 1.54) is 19.2 Å². The minimum atomic E-state index is -1.91. The number of ether oxygens (including phenoxy) is 1. The molecule has 2 rings (SSSR count). The molecule has 20 heavy (non-hydrogen) atoms. The van der Waals surface area contributed by atoms with Crippen molar-refractivity contribution in [3.63, 3.8) is 0 Å². The number of hydrogen-bond acceptors (Lipinski definition) is 6. The fourth-order valence-electron chi connectivity index (χ4n) is 2.21. The van der Waals surface area contributed by atoms with Crippen LogP contribution in [0.5, 0.6) is 0 Å². The van der Waals surface area contributed by atoms with E-state index in [1.807, 2.05) is 0 Å². The third-order valence-corrected chi connectivity index (χ3v) is 3.47. The maximum absolute atomic E-state index is 14.2. The summed E-state index contributed by atoms with van der Waals surface area (Å²) in [6.07, 6.45) is -3.74. The molecule has 1 aromatic heterocycles. The van der Waals surface area contributed by atoms with Gasteiger partial charge in [0.1, 0.15) is 17.5 Å². The van der Waals surface area contributed by atoms with Crippen molar-refractivity contribution in [2.24, 2.45) is 0 Å². The summed E-state index contributed by atoms with van der Waals surface area (Å²) in [4.78, 5) is 15.2. The Morgan fingerprint density at radius 1 is 1.75 bits per heavy atom. The predicted molar refractivity (Wildman–Crippen MR) is 68.6 cm³/mol. The molecular weight excluding hydrogens is 269 g/mol. The highest BCUT2D eigenvalue weighted by molar-refractivity contribution is 5.24. The number of nitrogens with two attached hydrogens (primary N) is 1. The monoisotopic (exact) mass is 285 g/mol. The van der Waals surface area contributed by atoms with Crippen molar-refractivity contribution in [1.82, 2.24) is 9.55 Å². The van der Waals surface area contributed by atoms with Gasteiger partial charge in [0, 0.05) is 6.20 Å². The van der Waals surface area contributed by atoms with E-state index in [0.29, 0.717) is 0 Å². The Hall–Kier alpha value is -1.77. The van der Waals surface area contributed by atoms with Gasteiger partial charge in [0.05, 0.1) is 6.61 Å². The first-order valence-corrected chi connectivity index (χ1v) is 5.95. The minimum Gasteiger partial charge on any atom is -0.393 e. The van der Waals surface area contributed by atoms with Crippen LogP contribution in [-0.4, -0.2) is 44.2 Å². The standard InChI is InChI=1S/C12H16FN3O4/c1-6(2)12(5-17)9(18)8(13)10(20-12)16-4-3-7(14)15-11(16)19/h3-4,8-10,17-18H,1,5H2,2H3,(H2,14,15,19)/t8-,9+,10-,12+/m1/s1. The zero-order chi connectivity index (χ0) is 15.1. The van der Waals surface area contributed by atoms with E-state index in [0.717, 1.165) is 4.57 Å². The van der Waals surface area contributed by atoms with Gasteiger partial charge in [0.2, 0.25) is 0 Å². The second-order valence-electron chi connectivity index (χ2n) is 4.77. The first-order chi connectivity index (χ1) is 9.33. The van der Waals surface area contributed by atoms with E-state index < -0.39 is 36.4 Å². The number of rotatable bonds is 3. The largest absolute Gasteiger partial charge is 0.393 e. The number of hydrogen-bond donors (Lipinski definition) is 3. The summed E-state index contributed by atoms with van der Waals surface area (Å²) in [5.74, 6) is -0.00599. The molecule has 0 radical (unpaired) electrons. The van der Waals surface area contributed by atoms with Gasteiger partial charge in [-0.15, -0.1) is 0 Å². The molecule has 0 aromatic carbocycles. The van der Waals surface area contributed by atoms with Gasteiger partial charge in [-0.2, -0.15) is 4.98 Å². The lowest BCUT2D eigenvalue weighted by atomic mass is 9.90. The lowest BCUT2D eigenvalue weighted by molar-refractivity contribution is -0.105. The quantitative estimate of drug-likeness (QED) is 0.637. The molecule has 1 aromatic rings. The molecule has 8 heteroatoms. The highest BCUT2D eigenvalue weighted by atomic mass is 19.1. The van der Waals surface area contributed by atoms with Crippen LogP contribution >= 0.6 is 0 Å². The summed E-state index contributed by atoms with van der Waals surface area (Å²) in [6, 6.07) is 1.31. The summed E-state index contributed by atoms with van der Waals surface area (Å²) in [6.45, 7) is 4.44. The van der Waals surface area contributed by atoms with E-state index in [4.69, 9.17) is 10.5 Å². The van der Waals surface area contributed by atoms with Gasteiger partial charge in [0.25, 0.3) is 0 Å². The fraction of sp³-hybridized carbons (Fsp3) is 0.500. The van der Waals surface area contributed by atoms with Crippen molar-refractivity contribution in [2.75, 3.05) is 12.3 Å². The zero-order valence-corrected chi connectivity index (χ0v) is 10.9. The molecule has 1 aliphatic heterocycles. The smallest absolute Gasteiger partial charge is 0.351 e. The summed E-state index contributed by atoms with van der Waals surface area (Å²) >= 11 is 0. The highest BCUT2D eigenvalue weighted by Crippen LogP contribution is 2.41. The van der Waals surface area contributed by atoms with Gasteiger partial charge in [-0.3, -0.25) is 4.57 Å². The molecule has 1 saturated heterocycles. The Labute approximate surface area is 114 Å².